The molecule has 1 aliphatic heterocycles. The van der Waals surface area contributed by atoms with Gasteiger partial charge in [-0.1, -0.05) is 46.3 Å². The fourth-order valence-corrected chi connectivity index (χ4v) is 3.44. The van der Waals surface area contributed by atoms with Crippen LogP contribution in [-0.4, -0.2) is 43.1 Å². The Kier molecular flexibility index (Phi) is 6.24. The molecule has 1 heterocycles. The number of halogens is 1. The monoisotopic (exact) mass is 429 g/mol. The molecule has 2 aromatic carbocycles. The average molecular weight is 430 g/mol. The minimum atomic E-state index is -0.331. The van der Waals surface area contributed by atoms with E-state index in [4.69, 9.17) is 4.74 Å². The minimum absolute atomic E-state index is 0.00484. The molecule has 0 aromatic heterocycles. The summed E-state index contributed by atoms with van der Waals surface area (Å²) in [5.41, 5.74) is 4.32. The molecule has 3 rings (SSSR count). The second-order valence-electron chi connectivity index (χ2n) is 6.27. The highest BCUT2D eigenvalue weighted by Gasteiger charge is 2.31. The predicted octanol–water partition coefficient (Wildman–Crippen LogP) is 2.92. The van der Waals surface area contributed by atoms with Crippen LogP contribution in [0.2, 0.25) is 0 Å². The third-order valence-corrected chi connectivity index (χ3v) is 4.90. The van der Waals surface area contributed by atoms with Gasteiger partial charge in [-0.25, -0.2) is 5.43 Å². The van der Waals surface area contributed by atoms with Crippen LogP contribution in [0.5, 0.6) is 5.75 Å². The van der Waals surface area contributed by atoms with Crippen molar-refractivity contribution in [3.8, 4) is 5.75 Å². The molecule has 0 radical (unpaired) electrons. The minimum Gasteiger partial charge on any atom is -0.496 e. The Morgan fingerprint density at radius 3 is 2.85 bits per heavy atom. The van der Waals surface area contributed by atoms with Crippen molar-refractivity contribution < 1.29 is 14.3 Å². The molecule has 140 valence electrons. The van der Waals surface area contributed by atoms with E-state index in [0.29, 0.717) is 18.7 Å². The molecule has 0 bridgehead atoms. The zero-order valence-electron chi connectivity index (χ0n) is 14.9. The van der Waals surface area contributed by atoms with E-state index in [-0.39, 0.29) is 24.3 Å². The summed E-state index contributed by atoms with van der Waals surface area (Å²) < 4.78 is 6.14. The normalized spacial score (nSPS) is 16.7. The van der Waals surface area contributed by atoms with E-state index >= 15 is 0 Å². The van der Waals surface area contributed by atoms with Crippen LogP contribution in [-0.2, 0) is 9.59 Å². The van der Waals surface area contributed by atoms with Gasteiger partial charge in [-0.05, 0) is 23.8 Å². The van der Waals surface area contributed by atoms with Gasteiger partial charge >= 0.3 is 0 Å². The molecule has 2 amide bonds. The fraction of sp³-hybridized carbons (Fsp3) is 0.250. The van der Waals surface area contributed by atoms with Gasteiger partial charge in [-0.15, -0.1) is 0 Å². The standard InChI is InChI=1S/C20H20BrN3O3/c1-27-18-8-7-17(21)9-15(18)11-22-23-19(25)13-24-12-16(10-20(24)26)14-5-3-2-4-6-14/h2-9,11,16H,10,12-13H2,1H3,(H,23,25)/b22-11-/t16-/m0/s1. The number of benzene rings is 2. The van der Waals surface area contributed by atoms with Gasteiger partial charge in [0.1, 0.15) is 12.3 Å². The second kappa shape index (κ2) is 8.81. The summed E-state index contributed by atoms with van der Waals surface area (Å²) in [5, 5.41) is 3.97. The van der Waals surface area contributed by atoms with Crippen molar-refractivity contribution in [3.63, 3.8) is 0 Å². The molecule has 0 spiro atoms. The van der Waals surface area contributed by atoms with Gasteiger partial charge in [0.25, 0.3) is 5.91 Å². The Bertz CT molecular complexity index is 855. The van der Waals surface area contributed by atoms with Crippen molar-refractivity contribution in [1.82, 2.24) is 10.3 Å². The lowest BCUT2D eigenvalue weighted by molar-refractivity contribution is -0.133. The lowest BCUT2D eigenvalue weighted by atomic mass is 9.99. The number of methoxy groups -OCH3 is 1. The largest absolute Gasteiger partial charge is 0.496 e. The smallest absolute Gasteiger partial charge is 0.259 e. The zero-order valence-corrected chi connectivity index (χ0v) is 16.5. The van der Waals surface area contributed by atoms with Crippen molar-refractivity contribution >= 4 is 34.0 Å². The van der Waals surface area contributed by atoms with Crippen LogP contribution < -0.4 is 10.2 Å². The number of nitrogens with one attached hydrogen (secondary N) is 1. The molecular weight excluding hydrogens is 410 g/mol. The lowest BCUT2D eigenvalue weighted by Gasteiger charge is -2.15. The molecule has 7 heteroatoms. The number of ether oxygens (including phenoxy) is 1. The van der Waals surface area contributed by atoms with Crippen LogP contribution in [0.25, 0.3) is 0 Å². The highest BCUT2D eigenvalue weighted by molar-refractivity contribution is 9.10. The highest BCUT2D eigenvalue weighted by atomic mass is 79.9. The van der Waals surface area contributed by atoms with Crippen molar-refractivity contribution in [3.05, 3.63) is 64.1 Å². The number of hydrogen-bond donors (Lipinski definition) is 1. The summed E-state index contributed by atoms with van der Waals surface area (Å²) in [4.78, 5) is 25.9. The Morgan fingerprint density at radius 1 is 1.33 bits per heavy atom. The Labute approximate surface area is 166 Å². The van der Waals surface area contributed by atoms with E-state index in [0.717, 1.165) is 15.6 Å². The van der Waals surface area contributed by atoms with Crippen molar-refractivity contribution in [1.29, 1.82) is 0 Å². The molecule has 0 saturated carbocycles. The Balaban J connectivity index is 1.55. The number of carbonyl (C=O) groups excluding carboxylic acids is 2. The summed E-state index contributed by atoms with van der Waals surface area (Å²) in [6.45, 7) is 0.536. The van der Waals surface area contributed by atoms with Gasteiger partial charge in [0.15, 0.2) is 0 Å². The third-order valence-electron chi connectivity index (χ3n) is 4.40. The van der Waals surface area contributed by atoms with Gasteiger partial charge in [0.2, 0.25) is 5.91 Å². The van der Waals surface area contributed by atoms with E-state index in [1.165, 1.54) is 6.21 Å². The molecule has 1 fully saturated rings. The van der Waals surface area contributed by atoms with E-state index in [9.17, 15) is 9.59 Å². The van der Waals surface area contributed by atoms with Crippen LogP contribution in [0.15, 0.2) is 58.1 Å². The molecule has 1 aliphatic rings. The number of hydrogen-bond acceptors (Lipinski definition) is 4. The van der Waals surface area contributed by atoms with Crippen molar-refractivity contribution in [2.75, 3.05) is 20.2 Å². The van der Waals surface area contributed by atoms with E-state index in [2.05, 4.69) is 26.5 Å². The predicted molar refractivity (Wildman–Crippen MR) is 107 cm³/mol. The first kappa shape index (κ1) is 19.1. The van der Waals surface area contributed by atoms with Gasteiger partial charge in [0.05, 0.1) is 13.3 Å². The highest BCUT2D eigenvalue weighted by Crippen LogP contribution is 2.27. The summed E-state index contributed by atoms with van der Waals surface area (Å²) in [7, 11) is 1.57. The van der Waals surface area contributed by atoms with Gasteiger partial charge < -0.3 is 9.64 Å². The van der Waals surface area contributed by atoms with E-state index < -0.39 is 0 Å². The number of carbonyl (C=O) groups is 2. The fourth-order valence-electron chi connectivity index (χ4n) is 3.06. The number of nitrogens with zero attached hydrogens (tertiary/aromatic N) is 2. The van der Waals surface area contributed by atoms with Crippen LogP contribution in [0.4, 0.5) is 0 Å². The van der Waals surface area contributed by atoms with Crippen molar-refractivity contribution in [2.45, 2.75) is 12.3 Å². The Morgan fingerprint density at radius 2 is 2.11 bits per heavy atom. The topological polar surface area (TPSA) is 71.0 Å². The molecule has 0 unspecified atom stereocenters. The second-order valence-corrected chi connectivity index (χ2v) is 7.18. The van der Waals surface area contributed by atoms with Crippen LogP contribution in [0.3, 0.4) is 0 Å². The third kappa shape index (κ3) is 4.95. The van der Waals surface area contributed by atoms with Gasteiger partial charge in [-0.2, -0.15) is 5.10 Å². The first-order valence-electron chi connectivity index (χ1n) is 8.55. The Hall–Kier alpha value is -2.67. The van der Waals surface area contributed by atoms with Crippen LogP contribution in [0, 0.1) is 0 Å². The molecule has 6 nitrogen and oxygen atoms in total. The van der Waals surface area contributed by atoms with Gasteiger partial charge in [-0.3, -0.25) is 9.59 Å². The zero-order chi connectivity index (χ0) is 19.2. The van der Waals surface area contributed by atoms with Crippen molar-refractivity contribution in [2.24, 2.45) is 5.10 Å². The first-order chi connectivity index (χ1) is 13.1. The molecule has 0 aliphatic carbocycles. The molecule has 2 aromatic rings. The maximum atomic E-state index is 12.2. The summed E-state index contributed by atoms with van der Waals surface area (Å²) >= 11 is 3.39. The molecule has 1 saturated heterocycles. The molecular formula is C20H20BrN3O3. The van der Waals surface area contributed by atoms with E-state index in [1.54, 1.807) is 18.1 Å². The molecule has 1 atom stereocenters. The number of hydrazone groups is 1. The summed E-state index contributed by atoms with van der Waals surface area (Å²) in [6, 6.07) is 15.4. The quantitative estimate of drug-likeness (QED) is 0.566. The summed E-state index contributed by atoms with van der Waals surface area (Å²) in [6.07, 6.45) is 1.94. The number of amides is 2. The van der Waals surface area contributed by atoms with Crippen LogP contribution in [0.1, 0.15) is 23.5 Å². The maximum Gasteiger partial charge on any atom is 0.259 e. The van der Waals surface area contributed by atoms with Crippen LogP contribution >= 0.6 is 15.9 Å². The van der Waals surface area contributed by atoms with E-state index in [1.807, 2.05) is 42.5 Å². The first-order valence-corrected chi connectivity index (χ1v) is 9.34. The summed E-state index contributed by atoms with van der Waals surface area (Å²) in [5.74, 6) is 0.427. The average Bonchev–Trinajstić information content (AvgIpc) is 3.03. The molecule has 27 heavy (non-hydrogen) atoms. The number of likely N-dealkylation sites (tertiary alicyclic amines) is 1. The van der Waals surface area contributed by atoms with Gasteiger partial charge in [0, 0.05) is 28.9 Å². The lowest BCUT2D eigenvalue weighted by Crippen LogP contribution is -2.36. The maximum absolute atomic E-state index is 12.2. The number of rotatable bonds is 6. The molecule has 1 N–H and O–H groups in total. The SMILES string of the molecule is COc1ccc(Br)cc1/C=N\NC(=O)CN1C[C@@H](c2ccccc2)CC1=O.